The largest absolute Gasteiger partial charge is 0.481 e. The van der Waals surface area contributed by atoms with Gasteiger partial charge in [0.15, 0.2) is 0 Å². The average molecular weight is 428 g/mol. The standard InChI is InChI=1S/C24H20ClF2NO2/c25-19-8-6-16(7-9-19)23(15-4-2-1-3-5-15)28-13-18(14-28)22(24(29)30)17-10-20(26)12-21(27)11-17/h1-12,18,22-23H,13-14H2,(H,29,30). The minimum atomic E-state index is -1.08. The Morgan fingerprint density at radius 2 is 1.47 bits per heavy atom. The number of aliphatic carboxylic acids is 1. The lowest BCUT2D eigenvalue weighted by atomic mass is 9.79. The zero-order valence-corrected chi connectivity index (χ0v) is 16.8. The zero-order valence-electron chi connectivity index (χ0n) is 16.0. The number of carbonyl (C=O) groups is 1. The fourth-order valence-electron chi connectivity index (χ4n) is 4.24. The molecule has 1 saturated heterocycles. The number of carboxylic acid groups (broad SMARTS) is 1. The number of benzene rings is 3. The molecule has 3 nitrogen and oxygen atoms in total. The van der Waals surface area contributed by atoms with Gasteiger partial charge >= 0.3 is 5.97 Å². The van der Waals surface area contributed by atoms with Gasteiger partial charge in [0.2, 0.25) is 0 Å². The van der Waals surface area contributed by atoms with Crippen molar-refractivity contribution in [2.75, 3.05) is 13.1 Å². The molecule has 0 aliphatic carbocycles. The van der Waals surface area contributed by atoms with E-state index in [0.29, 0.717) is 18.1 Å². The van der Waals surface area contributed by atoms with Gasteiger partial charge in [0.1, 0.15) is 11.6 Å². The highest BCUT2D eigenvalue weighted by atomic mass is 35.5. The summed E-state index contributed by atoms with van der Waals surface area (Å²) in [6.45, 7) is 0.995. The number of carboxylic acids is 1. The van der Waals surface area contributed by atoms with E-state index < -0.39 is 23.5 Å². The Morgan fingerprint density at radius 3 is 2.03 bits per heavy atom. The molecule has 1 heterocycles. The van der Waals surface area contributed by atoms with Crippen molar-refractivity contribution in [2.45, 2.75) is 12.0 Å². The van der Waals surface area contributed by atoms with Crippen LogP contribution < -0.4 is 0 Å². The van der Waals surface area contributed by atoms with E-state index >= 15 is 0 Å². The lowest BCUT2D eigenvalue weighted by molar-refractivity contribution is -0.142. The summed E-state index contributed by atoms with van der Waals surface area (Å²) in [5.41, 5.74) is 2.29. The van der Waals surface area contributed by atoms with Crippen molar-refractivity contribution < 1.29 is 18.7 Å². The SMILES string of the molecule is O=C(O)C(c1cc(F)cc(F)c1)C1CN(C(c2ccccc2)c2ccc(Cl)cc2)C1. The van der Waals surface area contributed by atoms with Crippen LogP contribution in [0.4, 0.5) is 8.78 Å². The van der Waals surface area contributed by atoms with Crippen molar-refractivity contribution in [3.05, 3.63) is 106 Å². The molecule has 30 heavy (non-hydrogen) atoms. The quantitative estimate of drug-likeness (QED) is 0.564. The first-order valence-electron chi connectivity index (χ1n) is 9.65. The molecule has 3 aromatic carbocycles. The van der Waals surface area contributed by atoms with Crippen molar-refractivity contribution in [3.8, 4) is 0 Å². The van der Waals surface area contributed by atoms with E-state index in [2.05, 4.69) is 4.90 Å². The normalized spacial score (nSPS) is 16.6. The van der Waals surface area contributed by atoms with Crippen molar-refractivity contribution >= 4 is 17.6 Å². The Balaban J connectivity index is 1.60. The molecular weight excluding hydrogens is 408 g/mol. The third-order valence-electron chi connectivity index (χ3n) is 5.59. The van der Waals surface area contributed by atoms with Crippen LogP contribution in [-0.4, -0.2) is 29.1 Å². The van der Waals surface area contributed by atoms with E-state index in [9.17, 15) is 18.7 Å². The van der Waals surface area contributed by atoms with Crippen LogP contribution in [0.3, 0.4) is 0 Å². The van der Waals surface area contributed by atoms with Crippen LogP contribution in [0.25, 0.3) is 0 Å². The number of likely N-dealkylation sites (tertiary alicyclic amines) is 1. The Morgan fingerprint density at radius 1 is 0.900 bits per heavy atom. The second-order valence-corrected chi connectivity index (χ2v) is 8.03. The Hall–Kier alpha value is -2.76. The molecule has 0 spiro atoms. The number of nitrogens with zero attached hydrogens (tertiary/aromatic N) is 1. The van der Waals surface area contributed by atoms with Crippen LogP contribution in [0.15, 0.2) is 72.8 Å². The highest BCUT2D eigenvalue weighted by Gasteiger charge is 2.42. The third-order valence-corrected chi connectivity index (χ3v) is 5.84. The highest BCUT2D eigenvalue weighted by molar-refractivity contribution is 6.30. The fraction of sp³-hybridized carbons (Fsp3) is 0.208. The highest BCUT2D eigenvalue weighted by Crippen LogP contribution is 2.40. The predicted molar refractivity (Wildman–Crippen MR) is 112 cm³/mol. The van der Waals surface area contributed by atoms with E-state index in [4.69, 9.17) is 11.6 Å². The Bertz CT molecular complexity index is 1020. The van der Waals surface area contributed by atoms with Crippen LogP contribution in [0.2, 0.25) is 5.02 Å². The van der Waals surface area contributed by atoms with E-state index in [-0.39, 0.29) is 17.5 Å². The minimum absolute atomic E-state index is 0.0570. The van der Waals surface area contributed by atoms with Gasteiger partial charge in [-0.2, -0.15) is 0 Å². The molecule has 3 aromatic rings. The second kappa shape index (κ2) is 8.54. The monoisotopic (exact) mass is 427 g/mol. The predicted octanol–water partition coefficient (Wildman–Crippen LogP) is 5.51. The molecule has 1 N–H and O–H groups in total. The maximum absolute atomic E-state index is 13.7. The molecule has 0 saturated carbocycles. The lowest BCUT2D eigenvalue weighted by Crippen LogP contribution is -2.52. The fourth-order valence-corrected chi connectivity index (χ4v) is 4.36. The summed E-state index contributed by atoms with van der Waals surface area (Å²) in [6.07, 6.45) is 0. The van der Waals surface area contributed by atoms with Crippen molar-refractivity contribution in [3.63, 3.8) is 0 Å². The molecule has 2 atom stereocenters. The van der Waals surface area contributed by atoms with Crippen molar-refractivity contribution in [2.24, 2.45) is 5.92 Å². The molecule has 154 valence electrons. The van der Waals surface area contributed by atoms with E-state index in [1.54, 1.807) is 0 Å². The van der Waals surface area contributed by atoms with Gasteiger partial charge in [-0.1, -0.05) is 54.1 Å². The van der Waals surface area contributed by atoms with Crippen molar-refractivity contribution in [1.29, 1.82) is 0 Å². The minimum Gasteiger partial charge on any atom is -0.481 e. The van der Waals surface area contributed by atoms with Crippen LogP contribution in [0.1, 0.15) is 28.7 Å². The summed E-state index contributed by atoms with van der Waals surface area (Å²) in [5, 5.41) is 10.4. The van der Waals surface area contributed by atoms with Crippen LogP contribution in [0, 0.1) is 17.6 Å². The molecule has 2 unspecified atom stereocenters. The number of hydrogen-bond donors (Lipinski definition) is 1. The first-order chi connectivity index (χ1) is 14.4. The average Bonchev–Trinajstić information content (AvgIpc) is 2.67. The summed E-state index contributed by atoms with van der Waals surface area (Å²) in [4.78, 5) is 14.1. The Labute approximate surface area is 178 Å². The lowest BCUT2D eigenvalue weighted by Gasteiger charge is -2.47. The first kappa shape index (κ1) is 20.5. The van der Waals surface area contributed by atoms with Crippen LogP contribution >= 0.6 is 11.6 Å². The first-order valence-corrected chi connectivity index (χ1v) is 10.0. The van der Waals surface area contributed by atoms with Crippen LogP contribution in [0.5, 0.6) is 0 Å². The van der Waals surface area contributed by atoms with Gasteiger partial charge < -0.3 is 5.11 Å². The number of halogens is 3. The van der Waals surface area contributed by atoms with Crippen molar-refractivity contribution in [1.82, 2.24) is 4.90 Å². The second-order valence-electron chi connectivity index (χ2n) is 7.60. The molecule has 0 amide bonds. The molecule has 1 fully saturated rings. The molecule has 0 aromatic heterocycles. The van der Waals surface area contributed by atoms with E-state index in [1.165, 1.54) is 0 Å². The number of rotatable bonds is 6. The van der Waals surface area contributed by atoms with Gasteiger partial charge in [-0.15, -0.1) is 0 Å². The molecule has 0 radical (unpaired) electrons. The maximum atomic E-state index is 13.7. The van der Waals surface area contributed by atoms with E-state index in [1.807, 2.05) is 54.6 Å². The summed E-state index contributed by atoms with van der Waals surface area (Å²) in [5.74, 6) is -3.82. The third kappa shape index (κ3) is 4.23. The summed E-state index contributed by atoms with van der Waals surface area (Å²) in [7, 11) is 0. The van der Waals surface area contributed by atoms with E-state index in [0.717, 1.165) is 29.3 Å². The summed E-state index contributed by atoms with van der Waals surface area (Å²) in [6, 6.07) is 20.4. The summed E-state index contributed by atoms with van der Waals surface area (Å²) < 4.78 is 27.3. The Kier molecular flexibility index (Phi) is 5.84. The topological polar surface area (TPSA) is 40.5 Å². The molecule has 1 aliphatic rings. The van der Waals surface area contributed by atoms with Crippen LogP contribution in [-0.2, 0) is 4.79 Å². The van der Waals surface area contributed by atoms with Gasteiger partial charge in [-0.3, -0.25) is 9.69 Å². The van der Waals surface area contributed by atoms with Gasteiger partial charge in [0.05, 0.1) is 12.0 Å². The smallest absolute Gasteiger partial charge is 0.311 e. The molecular formula is C24H20ClF2NO2. The summed E-state index contributed by atoms with van der Waals surface area (Å²) >= 11 is 6.04. The zero-order chi connectivity index (χ0) is 21.3. The molecule has 6 heteroatoms. The molecule has 4 rings (SSSR count). The van der Waals surface area contributed by atoms with Gasteiger partial charge in [-0.05, 0) is 41.0 Å². The van der Waals surface area contributed by atoms with Gasteiger partial charge in [0, 0.05) is 30.1 Å². The number of hydrogen-bond acceptors (Lipinski definition) is 2. The van der Waals surface area contributed by atoms with Gasteiger partial charge in [0.25, 0.3) is 0 Å². The molecule has 1 aliphatic heterocycles. The van der Waals surface area contributed by atoms with Gasteiger partial charge in [-0.25, -0.2) is 8.78 Å². The molecule has 0 bridgehead atoms. The maximum Gasteiger partial charge on any atom is 0.311 e.